The molecule has 19 heavy (non-hydrogen) atoms. The van der Waals surface area contributed by atoms with Crippen molar-refractivity contribution in [1.29, 1.82) is 0 Å². The molecular weight excluding hydrogens is 335 g/mol. The van der Waals surface area contributed by atoms with Crippen molar-refractivity contribution in [3.63, 3.8) is 0 Å². The molecule has 3 N–H and O–H groups in total. The van der Waals surface area contributed by atoms with E-state index in [-0.39, 0.29) is 10.6 Å². The highest BCUT2D eigenvalue weighted by Gasteiger charge is 2.13. The number of hydrogen-bond donors (Lipinski definition) is 2. The van der Waals surface area contributed by atoms with Gasteiger partial charge in [-0.2, -0.15) is 0 Å². The smallest absolute Gasteiger partial charge is 0.258 e. The van der Waals surface area contributed by atoms with E-state index in [0.717, 1.165) is 6.07 Å². The van der Waals surface area contributed by atoms with E-state index >= 15 is 0 Å². The van der Waals surface area contributed by atoms with E-state index in [1.165, 1.54) is 12.1 Å². The maximum Gasteiger partial charge on any atom is 0.258 e. The van der Waals surface area contributed by atoms with Crippen LogP contribution in [0.25, 0.3) is 0 Å². The van der Waals surface area contributed by atoms with Gasteiger partial charge in [0.25, 0.3) is 5.91 Å². The third-order valence-corrected chi connectivity index (χ3v) is 3.34. The van der Waals surface area contributed by atoms with Crippen molar-refractivity contribution >= 4 is 44.8 Å². The van der Waals surface area contributed by atoms with Crippen LogP contribution in [0.15, 0.2) is 40.9 Å². The van der Waals surface area contributed by atoms with Crippen LogP contribution in [0.4, 0.5) is 15.8 Å². The SMILES string of the molecule is Nc1ccc(Br)c(NC(=O)c2ccc(Cl)cc2F)c1. The molecule has 0 spiro atoms. The summed E-state index contributed by atoms with van der Waals surface area (Å²) in [5.41, 5.74) is 6.51. The van der Waals surface area contributed by atoms with E-state index < -0.39 is 11.7 Å². The van der Waals surface area contributed by atoms with Gasteiger partial charge in [-0.1, -0.05) is 11.6 Å². The molecule has 2 rings (SSSR count). The standard InChI is InChI=1S/C13H9BrClFN2O/c14-10-4-2-8(17)6-12(10)18-13(19)9-3-1-7(15)5-11(9)16/h1-6H,17H2,(H,18,19). The van der Waals surface area contributed by atoms with E-state index in [1.54, 1.807) is 18.2 Å². The summed E-state index contributed by atoms with van der Waals surface area (Å²) in [6, 6.07) is 8.83. The molecule has 3 nitrogen and oxygen atoms in total. The van der Waals surface area contributed by atoms with E-state index in [0.29, 0.717) is 15.8 Å². The van der Waals surface area contributed by atoms with Gasteiger partial charge < -0.3 is 11.1 Å². The average Bonchev–Trinajstić information content (AvgIpc) is 2.33. The van der Waals surface area contributed by atoms with Gasteiger partial charge in [-0.3, -0.25) is 4.79 Å². The number of carbonyl (C=O) groups is 1. The molecule has 2 aromatic carbocycles. The third-order valence-electron chi connectivity index (χ3n) is 2.41. The molecule has 0 unspecified atom stereocenters. The second-order valence-corrected chi connectivity index (χ2v) is 5.11. The quantitative estimate of drug-likeness (QED) is 0.807. The summed E-state index contributed by atoms with van der Waals surface area (Å²) in [4.78, 5) is 12.0. The largest absolute Gasteiger partial charge is 0.399 e. The van der Waals surface area contributed by atoms with Gasteiger partial charge in [-0.05, 0) is 52.3 Å². The van der Waals surface area contributed by atoms with E-state index in [9.17, 15) is 9.18 Å². The van der Waals surface area contributed by atoms with Gasteiger partial charge in [0, 0.05) is 15.2 Å². The monoisotopic (exact) mass is 342 g/mol. The van der Waals surface area contributed by atoms with Gasteiger partial charge in [0.15, 0.2) is 0 Å². The summed E-state index contributed by atoms with van der Waals surface area (Å²) in [6.45, 7) is 0. The maximum absolute atomic E-state index is 13.6. The number of nitrogens with two attached hydrogens (primary N) is 1. The third kappa shape index (κ3) is 3.24. The number of amides is 1. The fourth-order valence-electron chi connectivity index (χ4n) is 1.50. The van der Waals surface area contributed by atoms with Gasteiger partial charge in [-0.25, -0.2) is 4.39 Å². The molecule has 0 saturated heterocycles. The van der Waals surface area contributed by atoms with Crippen LogP contribution in [-0.4, -0.2) is 5.91 Å². The van der Waals surface area contributed by atoms with Crippen LogP contribution in [0.2, 0.25) is 5.02 Å². The molecule has 0 aliphatic carbocycles. The Hall–Kier alpha value is -1.59. The molecule has 0 radical (unpaired) electrons. The first-order chi connectivity index (χ1) is 8.97. The van der Waals surface area contributed by atoms with E-state index in [4.69, 9.17) is 17.3 Å². The Morgan fingerprint density at radius 3 is 2.68 bits per heavy atom. The van der Waals surface area contributed by atoms with Crippen molar-refractivity contribution < 1.29 is 9.18 Å². The highest BCUT2D eigenvalue weighted by atomic mass is 79.9. The summed E-state index contributed by atoms with van der Waals surface area (Å²) >= 11 is 8.91. The summed E-state index contributed by atoms with van der Waals surface area (Å²) in [5.74, 6) is -1.24. The van der Waals surface area contributed by atoms with Crippen LogP contribution in [0.3, 0.4) is 0 Å². The van der Waals surface area contributed by atoms with Crippen molar-refractivity contribution in [2.45, 2.75) is 0 Å². The van der Waals surface area contributed by atoms with Crippen molar-refractivity contribution in [3.8, 4) is 0 Å². The Labute approximate surface area is 122 Å². The Balaban J connectivity index is 2.28. The molecular formula is C13H9BrClFN2O. The zero-order valence-corrected chi connectivity index (χ0v) is 11.9. The molecule has 0 bridgehead atoms. The number of carbonyl (C=O) groups excluding carboxylic acids is 1. The molecule has 0 heterocycles. The Kier molecular flexibility index (Phi) is 4.07. The summed E-state index contributed by atoms with van der Waals surface area (Å²) < 4.78 is 14.3. The number of hydrogen-bond acceptors (Lipinski definition) is 2. The molecule has 98 valence electrons. The van der Waals surface area contributed by atoms with Crippen LogP contribution < -0.4 is 11.1 Å². The summed E-state index contributed by atoms with van der Waals surface area (Å²) in [7, 11) is 0. The minimum absolute atomic E-state index is 0.0845. The molecule has 0 aromatic heterocycles. The average molecular weight is 344 g/mol. The molecule has 0 aliphatic rings. The number of rotatable bonds is 2. The Morgan fingerprint density at radius 2 is 2.00 bits per heavy atom. The molecule has 0 aliphatic heterocycles. The zero-order chi connectivity index (χ0) is 14.0. The number of halogens is 3. The minimum atomic E-state index is -0.676. The normalized spacial score (nSPS) is 10.3. The fourth-order valence-corrected chi connectivity index (χ4v) is 2.01. The highest BCUT2D eigenvalue weighted by Crippen LogP contribution is 2.25. The van der Waals surface area contributed by atoms with E-state index in [2.05, 4.69) is 21.2 Å². The van der Waals surface area contributed by atoms with Gasteiger partial charge in [-0.15, -0.1) is 0 Å². The Morgan fingerprint density at radius 1 is 1.26 bits per heavy atom. The maximum atomic E-state index is 13.6. The molecule has 0 fully saturated rings. The van der Waals surface area contributed by atoms with Gasteiger partial charge >= 0.3 is 0 Å². The molecule has 1 amide bonds. The van der Waals surface area contributed by atoms with E-state index in [1.807, 2.05) is 0 Å². The first-order valence-electron chi connectivity index (χ1n) is 5.29. The van der Waals surface area contributed by atoms with Crippen molar-refractivity contribution in [2.75, 3.05) is 11.1 Å². The Bertz CT molecular complexity index is 649. The summed E-state index contributed by atoms with van der Waals surface area (Å²) in [5, 5.41) is 2.81. The highest BCUT2D eigenvalue weighted by molar-refractivity contribution is 9.10. The molecule has 0 saturated carbocycles. The first-order valence-corrected chi connectivity index (χ1v) is 6.46. The van der Waals surface area contributed by atoms with Crippen LogP contribution in [0.1, 0.15) is 10.4 Å². The fraction of sp³-hybridized carbons (Fsp3) is 0. The number of anilines is 2. The lowest BCUT2D eigenvalue weighted by Crippen LogP contribution is -2.14. The lowest BCUT2D eigenvalue weighted by Gasteiger charge is -2.09. The van der Waals surface area contributed by atoms with Crippen LogP contribution >= 0.6 is 27.5 Å². The lowest BCUT2D eigenvalue weighted by atomic mass is 10.2. The lowest BCUT2D eigenvalue weighted by molar-refractivity contribution is 0.102. The number of benzene rings is 2. The minimum Gasteiger partial charge on any atom is -0.399 e. The predicted molar refractivity (Wildman–Crippen MR) is 77.9 cm³/mol. The first kappa shape index (κ1) is 13.8. The predicted octanol–water partition coefficient (Wildman–Crippen LogP) is 4.08. The number of nitrogens with one attached hydrogen (secondary N) is 1. The molecule has 0 atom stereocenters. The summed E-state index contributed by atoms with van der Waals surface area (Å²) in [6.07, 6.45) is 0. The van der Waals surface area contributed by atoms with Gasteiger partial charge in [0.2, 0.25) is 0 Å². The van der Waals surface area contributed by atoms with Gasteiger partial charge in [0.05, 0.1) is 11.3 Å². The second kappa shape index (κ2) is 5.59. The number of nitrogen functional groups attached to an aromatic ring is 1. The van der Waals surface area contributed by atoms with Gasteiger partial charge in [0.1, 0.15) is 5.82 Å². The van der Waals surface area contributed by atoms with Crippen molar-refractivity contribution in [3.05, 3.63) is 57.3 Å². The second-order valence-electron chi connectivity index (χ2n) is 3.82. The topological polar surface area (TPSA) is 55.1 Å². The zero-order valence-electron chi connectivity index (χ0n) is 9.58. The van der Waals surface area contributed by atoms with Crippen LogP contribution in [-0.2, 0) is 0 Å². The van der Waals surface area contributed by atoms with Crippen LogP contribution in [0, 0.1) is 5.82 Å². The molecule has 2 aromatic rings. The van der Waals surface area contributed by atoms with Crippen molar-refractivity contribution in [1.82, 2.24) is 0 Å². The molecule has 6 heteroatoms. The van der Waals surface area contributed by atoms with Crippen molar-refractivity contribution in [2.24, 2.45) is 0 Å². The van der Waals surface area contributed by atoms with Crippen LogP contribution in [0.5, 0.6) is 0 Å².